The van der Waals surface area contributed by atoms with Gasteiger partial charge in [-0.2, -0.15) is 0 Å². The Kier molecular flexibility index (Phi) is 8.53. The van der Waals surface area contributed by atoms with Gasteiger partial charge in [0, 0.05) is 11.3 Å². The number of hydrogen-bond donors (Lipinski definition) is 1. The summed E-state index contributed by atoms with van der Waals surface area (Å²) in [7, 11) is 1.59. The maximum Gasteiger partial charge on any atom is 0.255 e. The molecular weight excluding hydrogens is 326 g/mol. The first-order chi connectivity index (χ1) is 12.7. The van der Waals surface area contributed by atoms with E-state index < -0.39 is 0 Å². The average Bonchev–Trinajstić information content (AvgIpc) is 2.68. The highest BCUT2D eigenvalue weighted by Gasteiger charge is 2.11. The Bertz CT molecular complexity index is 670. The topological polar surface area (TPSA) is 47.6 Å². The van der Waals surface area contributed by atoms with Crippen LogP contribution in [-0.2, 0) is 0 Å². The molecule has 2 aromatic carbocycles. The molecule has 0 saturated heterocycles. The van der Waals surface area contributed by atoms with Crippen LogP contribution in [0.25, 0.3) is 0 Å². The van der Waals surface area contributed by atoms with Crippen LogP contribution in [0.2, 0.25) is 0 Å². The minimum atomic E-state index is -0.169. The van der Waals surface area contributed by atoms with Crippen LogP contribution in [0.3, 0.4) is 0 Å². The van der Waals surface area contributed by atoms with Crippen molar-refractivity contribution >= 4 is 11.6 Å². The summed E-state index contributed by atoms with van der Waals surface area (Å²) in [6, 6.07) is 14.7. The molecule has 2 aromatic rings. The molecule has 0 aliphatic carbocycles. The normalized spacial score (nSPS) is 10.4. The second kappa shape index (κ2) is 11.2. The van der Waals surface area contributed by atoms with E-state index in [0.29, 0.717) is 23.7 Å². The van der Waals surface area contributed by atoms with Crippen LogP contribution in [0, 0.1) is 0 Å². The van der Waals surface area contributed by atoms with Crippen molar-refractivity contribution in [3.05, 3.63) is 54.1 Å². The highest BCUT2D eigenvalue weighted by atomic mass is 16.5. The Hall–Kier alpha value is -2.49. The van der Waals surface area contributed by atoms with Crippen LogP contribution >= 0.6 is 0 Å². The van der Waals surface area contributed by atoms with E-state index >= 15 is 0 Å². The third kappa shape index (κ3) is 6.43. The number of methoxy groups -OCH3 is 1. The molecule has 4 heteroatoms. The molecule has 2 rings (SSSR count). The molecule has 0 atom stereocenters. The molecule has 0 fully saturated rings. The van der Waals surface area contributed by atoms with Crippen LogP contribution in [0.4, 0.5) is 5.69 Å². The van der Waals surface area contributed by atoms with Gasteiger partial charge in [0.25, 0.3) is 5.91 Å². The molecule has 0 spiro atoms. The van der Waals surface area contributed by atoms with E-state index in [2.05, 4.69) is 12.2 Å². The number of hydrogen-bond acceptors (Lipinski definition) is 3. The number of carbonyl (C=O) groups is 1. The Balaban J connectivity index is 1.87. The molecule has 0 bridgehead atoms. The highest BCUT2D eigenvalue weighted by molar-refractivity contribution is 6.04. The molecule has 1 amide bonds. The number of unbranched alkanes of at least 4 members (excludes halogenated alkanes) is 5. The summed E-state index contributed by atoms with van der Waals surface area (Å²) in [5, 5.41) is 2.87. The Morgan fingerprint density at radius 3 is 2.38 bits per heavy atom. The Morgan fingerprint density at radius 2 is 1.65 bits per heavy atom. The second-order valence-electron chi connectivity index (χ2n) is 6.30. The average molecular weight is 355 g/mol. The Labute approximate surface area is 156 Å². The van der Waals surface area contributed by atoms with E-state index in [0.717, 1.165) is 12.1 Å². The van der Waals surface area contributed by atoms with Crippen molar-refractivity contribution in [1.82, 2.24) is 0 Å². The quantitative estimate of drug-likeness (QED) is 0.527. The zero-order valence-electron chi connectivity index (χ0n) is 15.8. The van der Waals surface area contributed by atoms with Crippen molar-refractivity contribution in [2.45, 2.75) is 45.4 Å². The van der Waals surface area contributed by atoms with Crippen molar-refractivity contribution in [2.24, 2.45) is 0 Å². The fourth-order valence-electron chi connectivity index (χ4n) is 2.72. The largest absolute Gasteiger partial charge is 0.493 e. The third-order valence-corrected chi connectivity index (χ3v) is 4.21. The number of benzene rings is 2. The van der Waals surface area contributed by atoms with Gasteiger partial charge < -0.3 is 14.8 Å². The maximum atomic E-state index is 12.4. The summed E-state index contributed by atoms with van der Waals surface area (Å²) >= 11 is 0. The van der Waals surface area contributed by atoms with Gasteiger partial charge in [-0.3, -0.25) is 4.79 Å². The SMILES string of the molecule is CCCCCCCCOc1ccc(C(=O)Nc2ccccc2)cc1OC. The van der Waals surface area contributed by atoms with Gasteiger partial charge in [-0.15, -0.1) is 0 Å². The van der Waals surface area contributed by atoms with Crippen LogP contribution < -0.4 is 14.8 Å². The summed E-state index contributed by atoms with van der Waals surface area (Å²) in [4.78, 5) is 12.4. The summed E-state index contributed by atoms with van der Waals surface area (Å²) in [5.41, 5.74) is 1.30. The molecule has 0 unspecified atom stereocenters. The second-order valence-corrected chi connectivity index (χ2v) is 6.30. The molecule has 0 saturated carbocycles. The van der Waals surface area contributed by atoms with Crippen molar-refractivity contribution in [2.75, 3.05) is 19.0 Å². The lowest BCUT2D eigenvalue weighted by atomic mass is 10.1. The fourth-order valence-corrected chi connectivity index (χ4v) is 2.72. The van der Waals surface area contributed by atoms with Crippen LogP contribution in [0.1, 0.15) is 55.8 Å². The Morgan fingerprint density at radius 1 is 0.923 bits per heavy atom. The fraction of sp³-hybridized carbons (Fsp3) is 0.409. The van der Waals surface area contributed by atoms with Crippen molar-refractivity contribution in [3.8, 4) is 11.5 Å². The highest BCUT2D eigenvalue weighted by Crippen LogP contribution is 2.28. The maximum absolute atomic E-state index is 12.4. The van der Waals surface area contributed by atoms with Gasteiger partial charge in [-0.05, 0) is 36.8 Å². The predicted octanol–water partition coefficient (Wildman–Crippen LogP) is 5.69. The monoisotopic (exact) mass is 355 g/mol. The molecule has 0 aromatic heterocycles. The van der Waals surface area contributed by atoms with Gasteiger partial charge in [-0.1, -0.05) is 57.2 Å². The first-order valence-corrected chi connectivity index (χ1v) is 9.42. The number of anilines is 1. The molecule has 0 heterocycles. The van der Waals surface area contributed by atoms with Gasteiger partial charge in [0.05, 0.1) is 13.7 Å². The van der Waals surface area contributed by atoms with Gasteiger partial charge in [0.2, 0.25) is 0 Å². The summed E-state index contributed by atoms with van der Waals surface area (Å²) in [6.07, 6.45) is 7.33. The lowest BCUT2D eigenvalue weighted by Crippen LogP contribution is -2.12. The van der Waals surface area contributed by atoms with Gasteiger partial charge in [0.15, 0.2) is 11.5 Å². The molecule has 0 aliphatic rings. The zero-order valence-corrected chi connectivity index (χ0v) is 15.8. The van der Waals surface area contributed by atoms with E-state index in [-0.39, 0.29) is 5.91 Å². The lowest BCUT2D eigenvalue weighted by Gasteiger charge is -2.12. The summed E-state index contributed by atoms with van der Waals surface area (Å²) in [6.45, 7) is 2.89. The van der Waals surface area contributed by atoms with E-state index in [4.69, 9.17) is 9.47 Å². The molecule has 4 nitrogen and oxygen atoms in total. The summed E-state index contributed by atoms with van der Waals surface area (Å²) in [5.74, 6) is 1.09. The first-order valence-electron chi connectivity index (χ1n) is 9.42. The van der Waals surface area contributed by atoms with Gasteiger partial charge >= 0.3 is 0 Å². The standard InChI is InChI=1S/C22H29NO3/c1-3-4-5-6-7-11-16-26-20-15-14-18(17-21(20)25-2)22(24)23-19-12-9-8-10-13-19/h8-10,12-15,17H,3-7,11,16H2,1-2H3,(H,23,24). The molecular formula is C22H29NO3. The minimum absolute atomic E-state index is 0.169. The first kappa shape index (κ1) is 19.8. The minimum Gasteiger partial charge on any atom is -0.493 e. The predicted molar refractivity (Wildman–Crippen MR) is 106 cm³/mol. The number of ether oxygens (including phenoxy) is 2. The van der Waals surface area contributed by atoms with E-state index in [9.17, 15) is 4.79 Å². The van der Waals surface area contributed by atoms with Crippen molar-refractivity contribution in [3.63, 3.8) is 0 Å². The lowest BCUT2D eigenvalue weighted by molar-refractivity contribution is 0.102. The summed E-state index contributed by atoms with van der Waals surface area (Å²) < 4.78 is 11.2. The van der Waals surface area contributed by atoms with Crippen molar-refractivity contribution < 1.29 is 14.3 Å². The number of nitrogens with one attached hydrogen (secondary N) is 1. The number of amides is 1. The molecule has 0 radical (unpaired) electrons. The number of para-hydroxylation sites is 1. The number of carbonyl (C=O) groups excluding carboxylic acids is 1. The van der Waals surface area contributed by atoms with E-state index in [1.165, 1.54) is 32.1 Å². The third-order valence-electron chi connectivity index (χ3n) is 4.21. The smallest absolute Gasteiger partial charge is 0.255 e. The molecule has 140 valence electrons. The molecule has 1 N–H and O–H groups in total. The van der Waals surface area contributed by atoms with Crippen molar-refractivity contribution in [1.29, 1.82) is 0 Å². The molecule has 0 aliphatic heterocycles. The zero-order chi connectivity index (χ0) is 18.6. The molecule has 26 heavy (non-hydrogen) atoms. The van der Waals surface area contributed by atoms with Gasteiger partial charge in [0.1, 0.15) is 0 Å². The van der Waals surface area contributed by atoms with Crippen LogP contribution in [-0.4, -0.2) is 19.6 Å². The van der Waals surface area contributed by atoms with Crippen LogP contribution in [0.15, 0.2) is 48.5 Å². The van der Waals surface area contributed by atoms with Gasteiger partial charge in [-0.25, -0.2) is 0 Å². The van der Waals surface area contributed by atoms with Crippen LogP contribution in [0.5, 0.6) is 11.5 Å². The number of rotatable bonds is 11. The van der Waals surface area contributed by atoms with E-state index in [1.54, 1.807) is 25.3 Å². The van der Waals surface area contributed by atoms with E-state index in [1.807, 2.05) is 30.3 Å².